The molecule has 1 unspecified atom stereocenters. The van der Waals surface area contributed by atoms with Gasteiger partial charge in [-0.2, -0.15) is 0 Å². The maximum absolute atomic E-state index is 12.8. The largest absolute Gasteiger partial charge is 0.325 e. The summed E-state index contributed by atoms with van der Waals surface area (Å²) in [5.74, 6) is 0. The van der Waals surface area contributed by atoms with Crippen LogP contribution in [0.25, 0.3) is 5.65 Å². The van der Waals surface area contributed by atoms with E-state index in [1.165, 1.54) is 0 Å². The second-order valence-corrected chi connectivity index (χ2v) is 6.81. The number of carbonyl (C=O) groups excluding carboxylic acids is 1. The molecule has 140 valence electrons. The summed E-state index contributed by atoms with van der Waals surface area (Å²) in [7, 11) is 0. The third-order valence-corrected chi connectivity index (χ3v) is 4.88. The SMILES string of the molecule is Cc1cccc(C)c1C(NC(=O)Nc1ccccc1)c1cnc2ccccn12. The lowest BCUT2D eigenvalue weighted by Crippen LogP contribution is -2.34. The molecule has 0 saturated carbocycles. The number of benzene rings is 2. The lowest BCUT2D eigenvalue weighted by molar-refractivity contribution is 0.250. The summed E-state index contributed by atoms with van der Waals surface area (Å²) >= 11 is 0. The Kier molecular flexibility index (Phi) is 4.81. The summed E-state index contributed by atoms with van der Waals surface area (Å²) in [6.45, 7) is 4.13. The van der Waals surface area contributed by atoms with E-state index >= 15 is 0 Å². The van der Waals surface area contributed by atoms with E-state index in [1.807, 2.05) is 71.4 Å². The van der Waals surface area contributed by atoms with Gasteiger partial charge in [-0.05, 0) is 54.8 Å². The number of nitrogens with one attached hydrogen (secondary N) is 2. The van der Waals surface area contributed by atoms with Gasteiger partial charge in [0.25, 0.3) is 0 Å². The molecular formula is C23H22N4O. The van der Waals surface area contributed by atoms with Gasteiger partial charge in [0.1, 0.15) is 5.65 Å². The first-order chi connectivity index (χ1) is 13.6. The van der Waals surface area contributed by atoms with E-state index in [0.717, 1.165) is 33.7 Å². The van der Waals surface area contributed by atoms with Crippen molar-refractivity contribution in [3.05, 3.63) is 102 Å². The normalized spacial score (nSPS) is 11.9. The molecule has 0 aliphatic heterocycles. The van der Waals surface area contributed by atoms with Gasteiger partial charge in [0.05, 0.1) is 17.9 Å². The molecule has 28 heavy (non-hydrogen) atoms. The van der Waals surface area contributed by atoms with Crippen molar-refractivity contribution < 1.29 is 4.79 Å². The van der Waals surface area contributed by atoms with Crippen LogP contribution in [0.2, 0.25) is 0 Å². The molecule has 0 aliphatic carbocycles. The smallest absolute Gasteiger partial charge is 0.320 e. The van der Waals surface area contributed by atoms with Gasteiger partial charge in [0.2, 0.25) is 0 Å². The number of aromatic nitrogens is 2. The number of fused-ring (bicyclic) bond motifs is 1. The second kappa shape index (κ2) is 7.56. The van der Waals surface area contributed by atoms with Crippen LogP contribution >= 0.6 is 0 Å². The highest BCUT2D eigenvalue weighted by atomic mass is 16.2. The van der Waals surface area contributed by atoms with Crippen LogP contribution in [-0.2, 0) is 0 Å². The maximum atomic E-state index is 12.8. The summed E-state index contributed by atoms with van der Waals surface area (Å²) in [4.78, 5) is 17.3. The van der Waals surface area contributed by atoms with Crippen molar-refractivity contribution >= 4 is 17.4 Å². The van der Waals surface area contributed by atoms with E-state index in [4.69, 9.17) is 0 Å². The second-order valence-electron chi connectivity index (χ2n) is 6.81. The molecule has 4 aromatic rings. The average Bonchev–Trinajstić information content (AvgIpc) is 3.12. The van der Waals surface area contributed by atoms with Crippen molar-refractivity contribution in [2.45, 2.75) is 19.9 Å². The van der Waals surface area contributed by atoms with Gasteiger partial charge in [0.15, 0.2) is 0 Å². The zero-order chi connectivity index (χ0) is 19.5. The quantitative estimate of drug-likeness (QED) is 0.539. The third-order valence-electron chi connectivity index (χ3n) is 4.88. The summed E-state index contributed by atoms with van der Waals surface area (Å²) in [6.07, 6.45) is 3.80. The molecule has 5 nitrogen and oxygen atoms in total. The number of hydrogen-bond acceptors (Lipinski definition) is 2. The number of aryl methyl sites for hydroxylation is 2. The number of rotatable bonds is 4. The Morgan fingerprint density at radius 1 is 0.929 bits per heavy atom. The third kappa shape index (κ3) is 3.47. The highest BCUT2D eigenvalue weighted by Crippen LogP contribution is 2.28. The van der Waals surface area contributed by atoms with Crippen LogP contribution in [0.1, 0.15) is 28.4 Å². The first-order valence-electron chi connectivity index (χ1n) is 9.24. The predicted octanol–water partition coefficient (Wildman–Crippen LogP) is 4.86. The maximum Gasteiger partial charge on any atom is 0.320 e. The predicted molar refractivity (Wildman–Crippen MR) is 112 cm³/mol. The summed E-state index contributed by atoms with van der Waals surface area (Å²) < 4.78 is 2.01. The number of nitrogens with zero attached hydrogens (tertiary/aromatic N) is 2. The Morgan fingerprint density at radius 3 is 2.39 bits per heavy atom. The van der Waals surface area contributed by atoms with Crippen molar-refractivity contribution in [3.63, 3.8) is 0 Å². The fraction of sp³-hybridized carbons (Fsp3) is 0.130. The lowest BCUT2D eigenvalue weighted by atomic mass is 9.94. The van der Waals surface area contributed by atoms with Crippen LogP contribution in [0.4, 0.5) is 10.5 Å². The van der Waals surface area contributed by atoms with Crippen LogP contribution in [0.15, 0.2) is 79.1 Å². The van der Waals surface area contributed by atoms with E-state index in [-0.39, 0.29) is 12.1 Å². The van der Waals surface area contributed by atoms with E-state index in [1.54, 1.807) is 0 Å². The van der Waals surface area contributed by atoms with Gasteiger partial charge in [-0.25, -0.2) is 9.78 Å². The average molecular weight is 370 g/mol. The van der Waals surface area contributed by atoms with E-state index in [0.29, 0.717) is 0 Å². The van der Waals surface area contributed by atoms with Gasteiger partial charge in [0, 0.05) is 11.9 Å². The first-order valence-corrected chi connectivity index (χ1v) is 9.24. The van der Waals surface area contributed by atoms with E-state index < -0.39 is 0 Å². The zero-order valence-electron chi connectivity index (χ0n) is 15.9. The van der Waals surface area contributed by atoms with Crippen molar-refractivity contribution in [1.29, 1.82) is 0 Å². The molecule has 2 aromatic carbocycles. The molecule has 5 heteroatoms. The summed E-state index contributed by atoms with van der Waals surface area (Å²) in [6, 6.07) is 20.9. The van der Waals surface area contributed by atoms with Crippen LogP contribution in [0.5, 0.6) is 0 Å². The van der Waals surface area contributed by atoms with Gasteiger partial charge in [-0.1, -0.05) is 42.5 Å². The fourth-order valence-electron chi connectivity index (χ4n) is 3.56. The van der Waals surface area contributed by atoms with Crippen molar-refractivity contribution in [2.75, 3.05) is 5.32 Å². The number of amides is 2. The molecule has 0 aliphatic rings. The summed E-state index contributed by atoms with van der Waals surface area (Å²) in [5, 5.41) is 6.06. The van der Waals surface area contributed by atoms with Crippen LogP contribution < -0.4 is 10.6 Å². The molecule has 2 amide bonds. The number of hydrogen-bond donors (Lipinski definition) is 2. The minimum atomic E-state index is -0.331. The molecule has 2 heterocycles. The van der Waals surface area contributed by atoms with Crippen LogP contribution in [0.3, 0.4) is 0 Å². The van der Waals surface area contributed by atoms with Gasteiger partial charge in [-0.15, -0.1) is 0 Å². The van der Waals surface area contributed by atoms with Crippen LogP contribution in [0, 0.1) is 13.8 Å². The van der Waals surface area contributed by atoms with Gasteiger partial charge < -0.3 is 15.0 Å². The highest BCUT2D eigenvalue weighted by Gasteiger charge is 2.23. The molecule has 4 rings (SSSR count). The minimum absolute atomic E-state index is 0.260. The number of carbonyl (C=O) groups is 1. The van der Waals surface area contributed by atoms with E-state index in [2.05, 4.69) is 41.6 Å². The number of urea groups is 1. The summed E-state index contributed by atoms with van der Waals surface area (Å²) in [5.41, 5.74) is 5.83. The number of para-hydroxylation sites is 1. The molecule has 0 spiro atoms. The van der Waals surface area contributed by atoms with Crippen LogP contribution in [-0.4, -0.2) is 15.4 Å². The Balaban J connectivity index is 1.75. The van der Waals surface area contributed by atoms with Crippen molar-refractivity contribution in [3.8, 4) is 0 Å². The standard InChI is InChI=1S/C23H22N4O/c1-16-9-8-10-17(2)21(16)22(19-15-24-20-13-6-7-14-27(19)20)26-23(28)25-18-11-4-3-5-12-18/h3-15,22H,1-2H3,(H2,25,26,28). The van der Waals surface area contributed by atoms with E-state index in [9.17, 15) is 4.79 Å². The molecule has 0 bridgehead atoms. The number of pyridine rings is 1. The Morgan fingerprint density at radius 2 is 1.64 bits per heavy atom. The monoisotopic (exact) mass is 370 g/mol. The number of imidazole rings is 1. The van der Waals surface area contributed by atoms with Gasteiger partial charge in [-0.3, -0.25) is 0 Å². The van der Waals surface area contributed by atoms with Crippen molar-refractivity contribution in [1.82, 2.24) is 14.7 Å². The molecule has 2 aromatic heterocycles. The highest BCUT2D eigenvalue weighted by molar-refractivity contribution is 5.89. The topological polar surface area (TPSA) is 58.4 Å². The Bertz CT molecular complexity index is 1100. The minimum Gasteiger partial charge on any atom is -0.325 e. The molecule has 0 fully saturated rings. The van der Waals surface area contributed by atoms with Gasteiger partial charge >= 0.3 is 6.03 Å². The Hall–Kier alpha value is -3.60. The molecule has 2 N–H and O–H groups in total. The Labute approximate surface area is 164 Å². The lowest BCUT2D eigenvalue weighted by Gasteiger charge is -2.23. The zero-order valence-corrected chi connectivity index (χ0v) is 15.9. The molecule has 0 saturated heterocycles. The molecule has 0 radical (unpaired) electrons. The molecule has 1 atom stereocenters. The first kappa shape index (κ1) is 17.8. The van der Waals surface area contributed by atoms with Crippen molar-refractivity contribution in [2.24, 2.45) is 0 Å². The molecular weight excluding hydrogens is 348 g/mol. The fourth-order valence-corrected chi connectivity index (χ4v) is 3.56. The number of anilines is 1.